The molecule has 0 saturated heterocycles. The van der Waals surface area contributed by atoms with E-state index in [1.807, 2.05) is 17.7 Å². The molecule has 0 atom stereocenters. The lowest BCUT2D eigenvalue weighted by Gasteiger charge is -2.11. The SMILES string of the molecule is Cc1nccn1-c1cc(Nc2ccc(NC(=O)Nc3cccc(OC(F)F)c3)cc2)ncn1. The quantitative estimate of drug-likeness (QED) is 0.367. The van der Waals surface area contributed by atoms with E-state index in [1.165, 1.54) is 24.5 Å². The first kappa shape index (κ1) is 21.7. The maximum atomic E-state index is 12.3. The van der Waals surface area contributed by atoms with Crippen molar-refractivity contribution in [2.24, 2.45) is 0 Å². The van der Waals surface area contributed by atoms with E-state index in [-0.39, 0.29) is 5.75 Å². The number of nitrogens with one attached hydrogen (secondary N) is 3. The Bertz CT molecular complexity index is 1250. The Labute approximate surface area is 187 Å². The monoisotopic (exact) mass is 451 g/mol. The molecular formula is C22H19F2N7O2. The van der Waals surface area contributed by atoms with Crippen LogP contribution in [0.4, 0.5) is 36.5 Å². The van der Waals surface area contributed by atoms with Crippen LogP contribution in [0.1, 0.15) is 5.82 Å². The van der Waals surface area contributed by atoms with E-state index in [2.05, 4.69) is 35.6 Å². The number of amides is 2. The highest BCUT2D eigenvalue weighted by Gasteiger charge is 2.08. The van der Waals surface area contributed by atoms with Gasteiger partial charge in [-0.15, -0.1) is 0 Å². The molecule has 0 spiro atoms. The van der Waals surface area contributed by atoms with Gasteiger partial charge in [0.05, 0.1) is 0 Å². The number of rotatable bonds is 7. The molecule has 0 fully saturated rings. The summed E-state index contributed by atoms with van der Waals surface area (Å²) >= 11 is 0. The smallest absolute Gasteiger partial charge is 0.387 e. The molecule has 11 heteroatoms. The minimum absolute atomic E-state index is 0.0469. The fourth-order valence-corrected chi connectivity index (χ4v) is 3.00. The van der Waals surface area contributed by atoms with Crippen LogP contribution in [0.25, 0.3) is 5.82 Å². The van der Waals surface area contributed by atoms with Crippen molar-refractivity contribution in [2.75, 3.05) is 16.0 Å². The maximum Gasteiger partial charge on any atom is 0.387 e. The van der Waals surface area contributed by atoms with Crippen LogP contribution in [0.15, 0.2) is 73.3 Å². The number of imidazole rings is 1. The molecule has 4 aromatic rings. The number of benzene rings is 2. The number of aryl methyl sites for hydroxylation is 1. The first-order valence-electron chi connectivity index (χ1n) is 9.78. The van der Waals surface area contributed by atoms with E-state index in [1.54, 1.807) is 42.6 Å². The maximum absolute atomic E-state index is 12.3. The third kappa shape index (κ3) is 5.79. The van der Waals surface area contributed by atoms with E-state index in [4.69, 9.17) is 0 Å². The molecule has 3 N–H and O–H groups in total. The van der Waals surface area contributed by atoms with E-state index in [0.29, 0.717) is 23.0 Å². The summed E-state index contributed by atoms with van der Waals surface area (Å²) < 4.78 is 30.8. The summed E-state index contributed by atoms with van der Waals surface area (Å²) in [5.41, 5.74) is 1.61. The third-order valence-electron chi connectivity index (χ3n) is 4.46. The Morgan fingerprint density at radius 1 is 0.970 bits per heavy atom. The summed E-state index contributed by atoms with van der Waals surface area (Å²) in [6, 6.07) is 14.0. The number of halogens is 2. The molecule has 0 aliphatic heterocycles. The van der Waals surface area contributed by atoms with Crippen LogP contribution in [0.5, 0.6) is 5.75 Å². The molecule has 0 aliphatic rings. The van der Waals surface area contributed by atoms with Gasteiger partial charge in [-0.25, -0.2) is 19.7 Å². The second-order valence-electron chi connectivity index (χ2n) is 6.79. The van der Waals surface area contributed by atoms with Crippen LogP contribution < -0.4 is 20.7 Å². The van der Waals surface area contributed by atoms with Crippen molar-refractivity contribution >= 4 is 28.9 Å². The Hall–Kier alpha value is -4.54. The van der Waals surface area contributed by atoms with Crippen molar-refractivity contribution in [3.8, 4) is 11.6 Å². The van der Waals surface area contributed by atoms with Crippen LogP contribution >= 0.6 is 0 Å². The van der Waals surface area contributed by atoms with Gasteiger partial charge in [-0.2, -0.15) is 8.78 Å². The second-order valence-corrected chi connectivity index (χ2v) is 6.79. The van der Waals surface area contributed by atoms with Crippen molar-refractivity contribution in [2.45, 2.75) is 13.5 Å². The molecule has 2 heterocycles. The predicted molar refractivity (Wildman–Crippen MR) is 119 cm³/mol. The zero-order chi connectivity index (χ0) is 23.2. The number of urea groups is 1. The first-order valence-corrected chi connectivity index (χ1v) is 9.78. The molecule has 0 unspecified atom stereocenters. The van der Waals surface area contributed by atoms with Gasteiger partial charge >= 0.3 is 12.6 Å². The molecular weight excluding hydrogens is 432 g/mol. The molecule has 2 amide bonds. The molecule has 0 saturated carbocycles. The van der Waals surface area contributed by atoms with Crippen LogP contribution in [0, 0.1) is 6.92 Å². The summed E-state index contributed by atoms with van der Waals surface area (Å²) in [6.07, 6.45) is 4.97. The number of carbonyl (C=O) groups excluding carboxylic acids is 1. The Morgan fingerprint density at radius 3 is 2.45 bits per heavy atom. The molecule has 0 radical (unpaired) electrons. The molecule has 2 aromatic carbocycles. The van der Waals surface area contributed by atoms with E-state index in [9.17, 15) is 13.6 Å². The fraction of sp³-hybridized carbons (Fsp3) is 0.0909. The number of aromatic nitrogens is 4. The number of nitrogens with zero attached hydrogens (tertiary/aromatic N) is 4. The van der Waals surface area contributed by atoms with Crippen molar-refractivity contribution in [1.29, 1.82) is 0 Å². The van der Waals surface area contributed by atoms with Gasteiger partial charge in [0, 0.05) is 41.6 Å². The first-order chi connectivity index (χ1) is 16.0. The number of hydrogen-bond acceptors (Lipinski definition) is 6. The molecule has 9 nitrogen and oxygen atoms in total. The topological polar surface area (TPSA) is 106 Å². The van der Waals surface area contributed by atoms with Crippen molar-refractivity contribution in [3.05, 3.63) is 79.1 Å². The summed E-state index contributed by atoms with van der Waals surface area (Å²) in [7, 11) is 0. The Balaban J connectivity index is 1.36. The van der Waals surface area contributed by atoms with E-state index < -0.39 is 12.6 Å². The fourth-order valence-electron chi connectivity index (χ4n) is 3.00. The normalized spacial score (nSPS) is 10.7. The van der Waals surface area contributed by atoms with Gasteiger partial charge in [0.15, 0.2) is 0 Å². The molecule has 0 aliphatic carbocycles. The molecule has 2 aromatic heterocycles. The van der Waals surface area contributed by atoms with Crippen LogP contribution in [0.3, 0.4) is 0 Å². The number of anilines is 4. The van der Waals surface area contributed by atoms with Gasteiger partial charge in [-0.1, -0.05) is 6.07 Å². The van der Waals surface area contributed by atoms with Gasteiger partial charge in [-0.3, -0.25) is 4.57 Å². The Morgan fingerprint density at radius 2 is 1.73 bits per heavy atom. The lowest BCUT2D eigenvalue weighted by atomic mass is 10.2. The number of alkyl halides is 2. The summed E-state index contributed by atoms with van der Waals surface area (Å²) in [6.45, 7) is -1.06. The number of carbonyl (C=O) groups is 1. The predicted octanol–water partition coefficient (Wildman–Crippen LogP) is 4.96. The van der Waals surface area contributed by atoms with Crippen molar-refractivity contribution in [1.82, 2.24) is 19.5 Å². The summed E-state index contributed by atoms with van der Waals surface area (Å²) in [5, 5.41) is 8.42. The number of ether oxygens (including phenoxy) is 1. The standard InChI is InChI=1S/C22H19F2N7O2/c1-14-25-9-10-31(14)20-12-19(26-13-27-20)28-15-5-7-16(8-6-15)29-22(32)30-17-3-2-4-18(11-17)33-21(23)24/h2-13,21H,1H3,(H,26,27,28)(H2,29,30,32). The van der Waals surface area contributed by atoms with Gasteiger partial charge in [-0.05, 0) is 43.3 Å². The number of hydrogen-bond donors (Lipinski definition) is 3. The van der Waals surface area contributed by atoms with Crippen LogP contribution in [-0.2, 0) is 0 Å². The van der Waals surface area contributed by atoms with Crippen molar-refractivity contribution < 1.29 is 18.3 Å². The zero-order valence-electron chi connectivity index (χ0n) is 17.4. The zero-order valence-corrected chi connectivity index (χ0v) is 17.4. The second kappa shape index (κ2) is 9.73. The average molecular weight is 451 g/mol. The highest BCUT2D eigenvalue weighted by atomic mass is 19.3. The lowest BCUT2D eigenvalue weighted by molar-refractivity contribution is -0.0498. The minimum Gasteiger partial charge on any atom is -0.435 e. The van der Waals surface area contributed by atoms with Crippen LogP contribution in [-0.4, -0.2) is 32.2 Å². The summed E-state index contributed by atoms with van der Waals surface area (Å²) in [4.78, 5) is 24.9. The molecule has 0 bridgehead atoms. The third-order valence-corrected chi connectivity index (χ3v) is 4.46. The highest BCUT2D eigenvalue weighted by molar-refractivity contribution is 5.99. The largest absolute Gasteiger partial charge is 0.435 e. The van der Waals surface area contributed by atoms with Gasteiger partial charge in [0.25, 0.3) is 0 Å². The van der Waals surface area contributed by atoms with Crippen molar-refractivity contribution in [3.63, 3.8) is 0 Å². The van der Waals surface area contributed by atoms with Gasteiger partial charge < -0.3 is 20.7 Å². The van der Waals surface area contributed by atoms with Gasteiger partial charge in [0.2, 0.25) is 0 Å². The molecule has 33 heavy (non-hydrogen) atoms. The average Bonchev–Trinajstić information content (AvgIpc) is 3.21. The summed E-state index contributed by atoms with van der Waals surface area (Å²) in [5.74, 6) is 2.04. The molecule has 4 rings (SSSR count). The van der Waals surface area contributed by atoms with E-state index in [0.717, 1.165) is 11.5 Å². The van der Waals surface area contributed by atoms with E-state index >= 15 is 0 Å². The van der Waals surface area contributed by atoms with Gasteiger partial charge in [0.1, 0.15) is 29.5 Å². The molecule has 168 valence electrons. The van der Waals surface area contributed by atoms with Crippen LogP contribution in [0.2, 0.25) is 0 Å². The highest BCUT2D eigenvalue weighted by Crippen LogP contribution is 2.21. The lowest BCUT2D eigenvalue weighted by Crippen LogP contribution is -2.19. The minimum atomic E-state index is -2.94. The Kier molecular flexibility index (Phi) is 6.39.